The van der Waals surface area contributed by atoms with Crippen molar-refractivity contribution in [3.63, 3.8) is 0 Å². The van der Waals surface area contributed by atoms with Crippen LogP contribution in [0.5, 0.6) is 0 Å². The summed E-state index contributed by atoms with van der Waals surface area (Å²) in [5, 5.41) is 14.0. The van der Waals surface area contributed by atoms with Crippen LogP contribution in [0.3, 0.4) is 0 Å². The van der Waals surface area contributed by atoms with E-state index in [4.69, 9.17) is 9.47 Å². The van der Waals surface area contributed by atoms with Crippen LogP contribution in [0.25, 0.3) is 10.9 Å². The molecule has 0 aliphatic rings. The maximum Gasteiger partial charge on any atom is 0.397 e. The zero-order valence-corrected chi connectivity index (χ0v) is 42.8. The van der Waals surface area contributed by atoms with Gasteiger partial charge in [0, 0.05) is 43.4 Å². The van der Waals surface area contributed by atoms with Gasteiger partial charge in [0.05, 0.1) is 38.8 Å². The fourth-order valence-electron chi connectivity index (χ4n) is 7.90. The van der Waals surface area contributed by atoms with Crippen molar-refractivity contribution in [3.8, 4) is 0 Å². The maximum atomic E-state index is 13.5. The van der Waals surface area contributed by atoms with E-state index in [0.717, 1.165) is 67.8 Å². The molecule has 2 rings (SSSR count). The third kappa shape index (κ3) is 28.0. The van der Waals surface area contributed by atoms with Crippen molar-refractivity contribution in [2.24, 2.45) is 5.92 Å². The number of aromatic nitrogens is 1. The van der Waals surface area contributed by atoms with E-state index in [1.807, 2.05) is 31.2 Å². The number of rotatable bonds is 40. The Morgan fingerprint density at radius 1 is 0.710 bits per heavy atom. The Hall–Kier alpha value is -4.59. The van der Waals surface area contributed by atoms with E-state index in [-0.39, 0.29) is 56.5 Å². The molecule has 1 heterocycles. The van der Waals surface area contributed by atoms with E-state index in [2.05, 4.69) is 49.6 Å². The van der Waals surface area contributed by atoms with Gasteiger partial charge >= 0.3 is 16.4 Å². The van der Waals surface area contributed by atoms with Gasteiger partial charge in [0.25, 0.3) is 0 Å². The Balaban J connectivity index is 2.05. The first-order valence-electron chi connectivity index (χ1n) is 25.4. The fraction of sp³-hybridized carbons (Fsp3) is 0.720. The third-order valence-electron chi connectivity index (χ3n) is 12.1. The number of carbonyl (C=O) groups excluding carboxylic acids is 6. The van der Waals surface area contributed by atoms with Crippen molar-refractivity contribution in [1.82, 2.24) is 31.6 Å². The van der Waals surface area contributed by atoms with Gasteiger partial charge in [-0.2, -0.15) is 8.42 Å². The zero-order chi connectivity index (χ0) is 50.9. The summed E-state index contributed by atoms with van der Waals surface area (Å²) in [5.74, 6) is -3.83. The maximum absolute atomic E-state index is 13.5. The molecule has 392 valence electrons. The summed E-state index contributed by atoms with van der Waals surface area (Å²) in [5.41, 5.74) is 1.61. The van der Waals surface area contributed by atoms with E-state index < -0.39 is 65.3 Å². The fourth-order valence-corrected chi connectivity index (χ4v) is 8.21. The van der Waals surface area contributed by atoms with E-state index in [1.165, 1.54) is 51.9 Å². The number of benzene rings is 1. The van der Waals surface area contributed by atoms with Gasteiger partial charge < -0.3 is 41.0 Å². The molecule has 0 bridgehead atoms. The van der Waals surface area contributed by atoms with Crippen molar-refractivity contribution in [2.75, 3.05) is 32.9 Å². The van der Waals surface area contributed by atoms with Gasteiger partial charge in [-0.25, -0.2) is 4.18 Å². The SMILES string of the molecule is CCCCCCCCCCCCCC(=O)N[C@@H](CNC(=O)[C@H](COS(=O)(=O)O)NC(=O)CNC(=O)[C@@H](NC(=O)Cc1c[nH]c2ccccc12)[C@@H](C)CC)COCC[C@@H](CCCCCCC)OC(C)=O. The second-order valence-electron chi connectivity index (χ2n) is 18.1. The quantitative estimate of drug-likeness (QED) is 0.0210. The van der Waals surface area contributed by atoms with E-state index in [0.29, 0.717) is 25.7 Å². The minimum absolute atomic E-state index is 0.00113. The first-order valence-corrected chi connectivity index (χ1v) is 26.8. The van der Waals surface area contributed by atoms with Crippen molar-refractivity contribution >= 4 is 56.8 Å². The summed E-state index contributed by atoms with van der Waals surface area (Å²) in [4.78, 5) is 81.3. The number of para-hydroxylation sites is 1. The highest BCUT2D eigenvalue weighted by atomic mass is 32.3. The normalized spacial score (nSPS) is 13.7. The van der Waals surface area contributed by atoms with E-state index in [9.17, 15) is 41.7 Å². The molecule has 18 nitrogen and oxygen atoms in total. The zero-order valence-electron chi connectivity index (χ0n) is 42.0. The third-order valence-corrected chi connectivity index (χ3v) is 12.5. The summed E-state index contributed by atoms with van der Waals surface area (Å²) in [7, 11) is -5.04. The summed E-state index contributed by atoms with van der Waals surface area (Å²) >= 11 is 0. The lowest BCUT2D eigenvalue weighted by Crippen LogP contribution is -2.56. The molecule has 19 heteroatoms. The molecule has 0 saturated carbocycles. The average molecular weight is 993 g/mol. The number of ether oxygens (including phenoxy) is 2. The average Bonchev–Trinajstić information content (AvgIpc) is 3.71. The molecular formula is C50H84N6O12S. The number of carbonyl (C=O) groups is 6. The standard InChI is InChI=1S/C50H84N6O12S/c1-6-9-11-13-14-15-16-17-18-20-22-28-45(58)54-40(35-66-30-29-41(68-38(5)57)25-21-19-12-10-7-2)33-52-49(61)44(36-67-69(63,64)65)55-47(60)34-53-50(62)48(37(4)8-3)56-46(59)31-39-32-51-43-27-24-23-26-42(39)43/h23-24,26-27,32,37,40-41,44,48,51H,6-22,25,28-31,33-36H2,1-5H3,(H,52,61)(H,53,62)(H,54,58)(H,55,60)(H,56,59)(H,63,64,65)/t37-,40-,41+,44-,48-/m0/s1. The molecule has 0 radical (unpaired) electrons. The highest BCUT2D eigenvalue weighted by Gasteiger charge is 2.29. The minimum Gasteiger partial charge on any atom is -0.462 e. The summed E-state index contributed by atoms with van der Waals surface area (Å²) in [6.07, 6.45) is 21.0. The number of H-pyrrole nitrogens is 1. The predicted octanol–water partition coefficient (Wildman–Crippen LogP) is 6.66. The lowest BCUT2D eigenvalue weighted by molar-refractivity contribution is -0.147. The molecule has 0 aliphatic heterocycles. The predicted molar refractivity (Wildman–Crippen MR) is 266 cm³/mol. The van der Waals surface area contributed by atoms with Gasteiger partial charge in [0.2, 0.25) is 29.5 Å². The number of hydrogen-bond donors (Lipinski definition) is 7. The van der Waals surface area contributed by atoms with Gasteiger partial charge in [-0.1, -0.05) is 142 Å². The number of hydrogen-bond acceptors (Lipinski definition) is 11. The molecule has 0 spiro atoms. The van der Waals surface area contributed by atoms with E-state index in [1.54, 1.807) is 13.1 Å². The van der Waals surface area contributed by atoms with Crippen LogP contribution in [-0.2, 0) is 59.2 Å². The number of amides is 5. The molecule has 69 heavy (non-hydrogen) atoms. The van der Waals surface area contributed by atoms with Crippen molar-refractivity contribution < 1.29 is 55.4 Å². The number of nitrogens with one attached hydrogen (secondary N) is 6. The first kappa shape index (κ1) is 60.5. The Bertz CT molecular complexity index is 1930. The Kier molecular flexibility index (Phi) is 31.1. The number of aromatic amines is 1. The van der Waals surface area contributed by atoms with Gasteiger partial charge in [-0.15, -0.1) is 0 Å². The van der Waals surface area contributed by atoms with Crippen LogP contribution < -0.4 is 26.6 Å². The Morgan fingerprint density at radius 3 is 1.96 bits per heavy atom. The van der Waals surface area contributed by atoms with Crippen LogP contribution >= 0.6 is 0 Å². The van der Waals surface area contributed by atoms with Gasteiger partial charge in [0.1, 0.15) is 18.2 Å². The molecular weight excluding hydrogens is 909 g/mol. The second kappa shape index (κ2) is 35.5. The topological polar surface area (TPSA) is 260 Å². The summed E-state index contributed by atoms with van der Waals surface area (Å²) in [6, 6.07) is 4.07. The van der Waals surface area contributed by atoms with Gasteiger partial charge in [-0.3, -0.25) is 33.3 Å². The smallest absolute Gasteiger partial charge is 0.397 e. The van der Waals surface area contributed by atoms with Crippen molar-refractivity contribution in [3.05, 3.63) is 36.0 Å². The largest absolute Gasteiger partial charge is 0.462 e. The first-order chi connectivity index (χ1) is 33.1. The number of fused-ring (bicyclic) bond motifs is 1. The highest BCUT2D eigenvalue weighted by molar-refractivity contribution is 7.80. The molecule has 5 amide bonds. The van der Waals surface area contributed by atoms with Crippen LogP contribution in [0.15, 0.2) is 30.5 Å². The molecule has 0 aliphatic carbocycles. The number of unbranched alkanes of at least 4 members (excludes halogenated alkanes) is 14. The van der Waals surface area contributed by atoms with Crippen LogP contribution in [0.1, 0.15) is 169 Å². The monoisotopic (exact) mass is 993 g/mol. The molecule has 5 atom stereocenters. The molecule has 0 fully saturated rings. The molecule has 0 saturated heterocycles. The Morgan fingerprint density at radius 2 is 1.33 bits per heavy atom. The lowest BCUT2D eigenvalue weighted by atomic mass is 9.98. The second-order valence-corrected chi connectivity index (χ2v) is 19.2. The van der Waals surface area contributed by atoms with Crippen LogP contribution in [0, 0.1) is 5.92 Å². The van der Waals surface area contributed by atoms with Gasteiger partial charge in [0.15, 0.2) is 0 Å². The number of esters is 1. The van der Waals surface area contributed by atoms with E-state index >= 15 is 0 Å². The van der Waals surface area contributed by atoms with Crippen LogP contribution in [-0.4, -0.2) is 111 Å². The van der Waals surface area contributed by atoms with Gasteiger partial charge in [-0.05, 0) is 36.8 Å². The summed E-state index contributed by atoms with van der Waals surface area (Å²) in [6.45, 7) is 7.65. The molecule has 1 aromatic heterocycles. The summed E-state index contributed by atoms with van der Waals surface area (Å²) < 4.78 is 48.3. The molecule has 0 unspecified atom stereocenters. The van der Waals surface area contributed by atoms with Crippen LogP contribution in [0.2, 0.25) is 0 Å². The van der Waals surface area contributed by atoms with Crippen molar-refractivity contribution in [1.29, 1.82) is 0 Å². The minimum atomic E-state index is -5.04. The van der Waals surface area contributed by atoms with Crippen molar-refractivity contribution in [2.45, 2.75) is 194 Å². The molecule has 7 N–H and O–H groups in total. The molecule has 2 aromatic rings. The molecule has 1 aromatic carbocycles. The lowest BCUT2D eigenvalue weighted by Gasteiger charge is -2.24. The highest BCUT2D eigenvalue weighted by Crippen LogP contribution is 2.19. The van der Waals surface area contributed by atoms with Crippen LogP contribution in [0.4, 0.5) is 0 Å². The Labute approximate surface area is 411 Å².